The first kappa shape index (κ1) is 13.3. The van der Waals surface area contributed by atoms with Crippen LogP contribution in [0.4, 0.5) is 0 Å². The predicted molar refractivity (Wildman–Crippen MR) is 74.0 cm³/mol. The SMILES string of the molecule is C=CC(NC(C)C)C(C)Sc1ccccc1. The van der Waals surface area contributed by atoms with Crippen molar-refractivity contribution in [1.82, 2.24) is 5.32 Å². The first-order chi connectivity index (χ1) is 7.63. The van der Waals surface area contributed by atoms with Crippen molar-refractivity contribution in [2.75, 3.05) is 0 Å². The van der Waals surface area contributed by atoms with Gasteiger partial charge in [0.1, 0.15) is 0 Å². The molecule has 0 aromatic heterocycles. The molecular formula is C14H21NS. The second kappa shape index (κ2) is 6.77. The van der Waals surface area contributed by atoms with Crippen LogP contribution in [0.25, 0.3) is 0 Å². The summed E-state index contributed by atoms with van der Waals surface area (Å²) in [4.78, 5) is 1.31. The summed E-state index contributed by atoms with van der Waals surface area (Å²) in [5, 5.41) is 4.00. The van der Waals surface area contributed by atoms with E-state index in [9.17, 15) is 0 Å². The molecule has 0 aliphatic heterocycles. The van der Waals surface area contributed by atoms with Crippen molar-refractivity contribution in [2.24, 2.45) is 0 Å². The lowest BCUT2D eigenvalue weighted by atomic mass is 10.2. The molecule has 16 heavy (non-hydrogen) atoms. The number of rotatable bonds is 6. The highest BCUT2D eigenvalue weighted by molar-refractivity contribution is 8.00. The van der Waals surface area contributed by atoms with Crippen LogP contribution in [0.5, 0.6) is 0 Å². The van der Waals surface area contributed by atoms with E-state index in [0.29, 0.717) is 17.3 Å². The van der Waals surface area contributed by atoms with Gasteiger partial charge >= 0.3 is 0 Å². The van der Waals surface area contributed by atoms with Crippen molar-refractivity contribution in [2.45, 2.75) is 43.0 Å². The van der Waals surface area contributed by atoms with E-state index < -0.39 is 0 Å². The summed E-state index contributed by atoms with van der Waals surface area (Å²) in [5.41, 5.74) is 0. The molecule has 1 rings (SSSR count). The summed E-state index contributed by atoms with van der Waals surface area (Å²) >= 11 is 1.88. The van der Waals surface area contributed by atoms with Crippen LogP contribution < -0.4 is 5.32 Å². The molecule has 0 aliphatic rings. The van der Waals surface area contributed by atoms with Gasteiger partial charge in [-0.05, 0) is 12.1 Å². The van der Waals surface area contributed by atoms with E-state index in [4.69, 9.17) is 0 Å². The van der Waals surface area contributed by atoms with Gasteiger partial charge in [0.05, 0.1) is 0 Å². The van der Waals surface area contributed by atoms with Gasteiger partial charge in [-0.15, -0.1) is 18.3 Å². The molecule has 2 unspecified atom stereocenters. The molecule has 0 radical (unpaired) electrons. The molecule has 0 heterocycles. The smallest absolute Gasteiger partial charge is 0.0370 e. The van der Waals surface area contributed by atoms with Gasteiger partial charge in [0.25, 0.3) is 0 Å². The lowest BCUT2D eigenvalue weighted by Crippen LogP contribution is -2.39. The molecular weight excluding hydrogens is 214 g/mol. The average Bonchev–Trinajstić information content (AvgIpc) is 2.26. The fourth-order valence-electron chi connectivity index (χ4n) is 1.57. The molecule has 88 valence electrons. The molecule has 2 atom stereocenters. The van der Waals surface area contributed by atoms with Crippen LogP contribution in [0, 0.1) is 0 Å². The maximum Gasteiger partial charge on any atom is 0.0370 e. The first-order valence-corrected chi connectivity index (χ1v) is 6.61. The highest BCUT2D eigenvalue weighted by Gasteiger charge is 2.15. The molecule has 1 N–H and O–H groups in total. The highest BCUT2D eigenvalue weighted by atomic mass is 32.2. The third kappa shape index (κ3) is 4.42. The summed E-state index contributed by atoms with van der Waals surface area (Å²) in [6.07, 6.45) is 2.00. The maximum atomic E-state index is 3.90. The average molecular weight is 235 g/mol. The van der Waals surface area contributed by atoms with E-state index in [0.717, 1.165) is 0 Å². The molecule has 2 heteroatoms. The summed E-state index contributed by atoms with van der Waals surface area (Å²) in [7, 11) is 0. The van der Waals surface area contributed by atoms with Crippen LogP contribution in [-0.4, -0.2) is 17.3 Å². The molecule has 1 aromatic carbocycles. The minimum Gasteiger partial charge on any atom is -0.307 e. The molecule has 1 aromatic rings. The highest BCUT2D eigenvalue weighted by Crippen LogP contribution is 2.25. The van der Waals surface area contributed by atoms with Crippen molar-refractivity contribution in [3.05, 3.63) is 43.0 Å². The van der Waals surface area contributed by atoms with Gasteiger partial charge < -0.3 is 5.32 Å². The minimum atomic E-state index is 0.352. The monoisotopic (exact) mass is 235 g/mol. The predicted octanol–water partition coefficient (Wildman–Crippen LogP) is 3.72. The lowest BCUT2D eigenvalue weighted by Gasteiger charge is -2.23. The van der Waals surface area contributed by atoms with Gasteiger partial charge in [-0.3, -0.25) is 0 Å². The molecule has 0 spiro atoms. The number of hydrogen-bond acceptors (Lipinski definition) is 2. The summed E-state index contributed by atoms with van der Waals surface area (Å²) in [6, 6.07) is 11.3. The Morgan fingerprint density at radius 3 is 2.31 bits per heavy atom. The third-order valence-electron chi connectivity index (χ3n) is 2.35. The fraction of sp³-hybridized carbons (Fsp3) is 0.429. The third-order valence-corrected chi connectivity index (χ3v) is 3.56. The van der Waals surface area contributed by atoms with Crippen LogP contribution in [-0.2, 0) is 0 Å². The molecule has 0 amide bonds. The van der Waals surface area contributed by atoms with E-state index in [1.165, 1.54) is 4.90 Å². The summed E-state index contributed by atoms with van der Waals surface area (Å²) in [5.74, 6) is 0. The zero-order chi connectivity index (χ0) is 12.0. The van der Waals surface area contributed by atoms with Gasteiger partial charge in [0.2, 0.25) is 0 Å². The second-order valence-corrected chi connectivity index (χ2v) is 5.67. The van der Waals surface area contributed by atoms with Crippen LogP contribution in [0.1, 0.15) is 20.8 Å². The molecule has 0 aliphatic carbocycles. The van der Waals surface area contributed by atoms with Crippen LogP contribution in [0.3, 0.4) is 0 Å². The normalized spacial score (nSPS) is 14.8. The van der Waals surface area contributed by atoms with E-state index in [-0.39, 0.29) is 0 Å². The topological polar surface area (TPSA) is 12.0 Å². The largest absolute Gasteiger partial charge is 0.307 e. The Balaban J connectivity index is 2.56. The van der Waals surface area contributed by atoms with Gasteiger partial charge in [0, 0.05) is 22.2 Å². The number of hydrogen-bond donors (Lipinski definition) is 1. The van der Waals surface area contributed by atoms with Crippen molar-refractivity contribution >= 4 is 11.8 Å². The zero-order valence-corrected chi connectivity index (χ0v) is 11.1. The van der Waals surface area contributed by atoms with E-state index in [2.05, 4.69) is 56.9 Å². The summed E-state index contributed by atoms with van der Waals surface area (Å²) in [6.45, 7) is 10.5. The number of thioether (sulfide) groups is 1. The molecule has 0 saturated heterocycles. The Morgan fingerprint density at radius 2 is 1.81 bits per heavy atom. The van der Waals surface area contributed by atoms with Gasteiger partial charge in [-0.2, -0.15) is 0 Å². The number of benzene rings is 1. The molecule has 1 nitrogen and oxygen atoms in total. The Morgan fingerprint density at radius 1 is 1.19 bits per heavy atom. The minimum absolute atomic E-state index is 0.352. The summed E-state index contributed by atoms with van der Waals surface area (Å²) < 4.78 is 0. The van der Waals surface area contributed by atoms with Crippen molar-refractivity contribution in [3.8, 4) is 0 Å². The van der Waals surface area contributed by atoms with Crippen LogP contribution in [0.2, 0.25) is 0 Å². The van der Waals surface area contributed by atoms with Crippen molar-refractivity contribution in [1.29, 1.82) is 0 Å². The van der Waals surface area contributed by atoms with Crippen molar-refractivity contribution < 1.29 is 0 Å². The quantitative estimate of drug-likeness (QED) is 0.596. The van der Waals surface area contributed by atoms with Crippen LogP contribution >= 0.6 is 11.8 Å². The number of nitrogens with one attached hydrogen (secondary N) is 1. The maximum absolute atomic E-state index is 3.90. The Hall–Kier alpha value is -0.730. The van der Waals surface area contributed by atoms with Gasteiger partial charge in [-0.1, -0.05) is 45.0 Å². The Kier molecular flexibility index (Phi) is 5.64. The molecule has 0 fully saturated rings. The van der Waals surface area contributed by atoms with Gasteiger partial charge in [0.15, 0.2) is 0 Å². The Labute approximate surface area is 103 Å². The lowest BCUT2D eigenvalue weighted by molar-refractivity contribution is 0.520. The van der Waals surface area contributed by atoms with E-state index in [1.54, 1.807) is 0 Å². The molecule has 0 saturated carbocycles. The first-order valence-electron chi connectivity index (χ1n) is 5.73. The molecule has 0 bridgehead atoms. The van der Waals surface area contributed by atoms with Crippen molar-refractivity contribution in [3.63, 3.8) is 0 Å². The van der Waals surface area contributed by atoms with E-state index >= 15 is 0 Å². The zero-order valence-electron chi connectivity index (χ0n) is 10.3. The second-order valence-electron chi connectivity index (χ2n) is 4.22. The van der Waals surface area contributed by atoms with Gasteiger partial charge in [-0.25, -0.2) is 0 Å². The van der Waals surface area contributed by atoms with Crippen LogP contribution in [0.15, 0.2) is 47.9 Å². The standard InChI is InChI=1S/C14H21NS/c1-5-14(15-11(2)3)12(4)16-13-9-7-6-8-10-13/h5-12,14-15H,1H2,2-4H3. The van der Waals surface area contributed by atoms with E-state index in [1.807, 2.05) is 23.9 Å². The fourth-order valence-corrected chi connectivity index (χ4v) is 2.65. The Bertz CT molecular complexity index is 308.